The number of urea groups is 1. The standard InChI is InChI=1S/C14H17N3O4/c1-20-9-10(18)8-16-14(19)17-12-5-3-2-4-11(12)13-15-6-7-21-13/h2-7,10,18H,8-9H2,1H3,(H2,16,17,19). The van der Waals surface area contributed by atoms with E-state index in [0.29, 0.717) is 17.1 Å². The highest BCUT2D eigenvalue weighted by molar-refractivity contribution is 5.93. The summed E-state index contributed by atoms with van der Waals surface area (Å²) in [6, 6.07) is 6.72. The van der Waals surface area contributed by atoms with Crippen LogP contribution in [-0.4, -0.2) is 42.5 Å². The minimum absolute atomic E-state index is 0.0981. The molecule has 21 heavy (non-hydrogen) atoms. The molecule has 1 aromatic heterocycles. The number of ether oxygens (including phenoxy) is 1. The van der Waals surface area contributed by atoms with Crippen molar-refractivity contribution in [1.29, 1.82) is 0 Å². The van der Waals surface area contributed by atoms with Crippen LogP contribution in [0.2, 0.25) is 0 Å². The lowest BCUT2D eigenvalue weighted by Crippen LogP contribution is -2.37. The van der Waals surface area contributed by atoms with Crippen LogP contribution in [0.5, 0.6) is 0 Å². The van der Waals surface area contributed by atoms with Crippen molar-refractivity contribution in [3.05, 3.63) is 36.7 Å². The summed E-state index contributed by atoms with van der Waals surface area (Å²) in [4.78, 5) is 15.9. The average Bonchev–Trinajstić information content (AvgIpc) is 3.00. The molecule has 0 bridgehead atoms. The number of aliphatic hydroxyl groups excluding tert-OH is 1. The molecule has 1 aromatic carbocycles. The van der Waals surface area contributed by atoms with Gasteiger partial charge in [0.15, 0.2) is 0 Å². The Morgan fingerprint density at radius 2 is 2.29 bits per heavy atom. The predicted molar refractivity (Wildman–Crippen MR) is 76.8 cm³/mol. The van der Waals surface area contributed by atoms with Crippen molar-refractivity contribution in [2.24, 2.45) is 0 Å². The lowest BCUT2D eigenvalue weighted by atomic mass is 10.2. The summed E-state index contributed by atoms with van der Waals surface area (Å²) in [7, 11) is 1.48. The number of benzene rings is 1. The molecule has 0 aliphatic carbocycles. The Balaban J connectivity index is 1.98. The van der Waals surface area contributed by atoms with Gasteiger partial charge < -0.3 is 24.9 Å². The zero-order valence-electron chi connectivity index (χ0n) is 11.6. The maximum atomic E-state index is 11.8. The second kappa shape index (κ2) is 7.41. The topological polar surface area (TPSA) is 96.6 Å². The van der Waals surface area contributed by atoms with Crippen LogP contribution < -0.4 is 10.6 Å². The van der Waals surface area contributed by atoms with Gasteiger partial charge in [0.05, 0.1) is 30.2 Å². The lowest BCUT2D eigenvalue weighted by molar-refractivity contribution is 0.0663. The van der Waals surface area contributed by atoms with Crippen LogP contribution in [0.4, 0.5) is 10.5 Å². The Hall–Kier alpha value is -2.38. The Bertz CT molecular complexity index is 571. The molecule has 3 N–H and O–H groups in total. The summed E-state index contributed by atoms with van der Waals surface area (Å²) in [5, 5.41) is 14.7. The summed E-state index contributed by atoms with van der Waals surface area (Å²) in [6.07, 6.45) is 2.25. The number of rotatable bonds is 6. The lowest BCUT2D eigenvalue weighted by Gasteiger charge is -2.13. The maximum absolute atomic E-state index is 11.8. The van der Waals surface area contributed by atoms with Gasteiger partial charge in [0.2, 0.25) is 5.89 Å². The molecule has 0 aliphatic rings. The van der Waals surface area contributed by atoms with Gasteiger partial charge >= 0.3 is 6.03 Å². The van der Waals surface area contributed by atoms with Crippen molar-refractivity contribution in [2.45, 2.75) is 6.10 Å². The number of nitrogens with zero attached hydrogens (tertiary/aromatic N) is 1. The van der Waals surface area contributed by atoms with Crippen molar-refractivity contribution >= 4 is 11.7 Å². The van der Waals surface area contributed by atoms with E-state index in [0.717, 1.165) is 0 Å². The number of carbonyl (C=O) groups is 1. The van der Waals surface area contributed by atoms with E-state index in [4.69, 9.17) is 9.15 Å². The molecule has 7 nitrogen and oxygen atoms in total. The molecule has 2 rings (SSSR count). The van der Waals surface area contributed by atoms with E-state index in [9.17, 15) is 9.90 Å². The molecule has 0 radical (unpaired) electrons. The van der Waals surface area contributed by atoms with E-state index in [2.05, 4.69) is 15.6 Å². The molecule has 0 spiro atoms. The van der Waals surface area contributed by atoms with E-state index in [1.165, 1.54) is 19.6 Å². The highest BCUT2D eigenvalue weighted by atomic mass is 16.5. The molecule has 1 heterocycles. The zero-order chi connectivity index (χ0) is 15.1. The van der Waals surface area contributed by atoms with Gasteiger partial charge in [-0.15, -0.1) is 0 Å². The molecule has 0 aliphatic heterocycles. The minimum atomic E-state index is -0.747. The number of methoxy groups -OCH3 is 1. The van der Waals surface area contributed by atoms with Crippen molar-refractivity contribution in [3.63, 3.8) is 0 Å². The summed E-state index contributed by atoms with van der Waals surface area (Å²) in [5.74, 6) is 0.422. The summed E-state index contributed by atoms with van der Waals surface area (Å²) >= 11 is 0. The van der Waals surface area contributed by atoms with Gasteiger partial charge in [0.1, 0.15) is 6.26 Å². The highest BCUT2D eigenvalue weighted by Gasteiger charge is 2.12. The molecular weight excluding hydrogens is 274 g/mol. The van der Waals surface area contributed by atoms with Crippen molar-refractivity contribution < 1.29 is 19.1 Å². The van der Waals surface area contributed by atoms with Gasteiger partial charge in [-0.25, -0.2) is 9.78 Å². The first-order valence-electron chi connectivity index (χ1n) is 6.41. The SMILES string of the molecule is COCC(O)CNC(=O)Nc1ccccc1-c1ncco1. The number of hydrogen-bond donors (Lipinski definition) is 3. The molecule has 1 unspecified atom stereocenters. The Morgan fingerprint density at radius 1 is 1.48 bits per heavy atom. The summed E-state index contributed by atoms with van der Waals surface area (Å²) < 4.78 is 10.0. The fourth-order valence-electron chi connectivity index (χ4n) is 1.76. The zero-order valence-corrected chi connectivity index (χ0v) is 11.6. The number of aliphatic hydroxyl groups is 1. The van der Waals surface area contributed by atoms with Crippen LogP contribution in [0.15, 0.2) is 41.1 Å². The molecule has 0 fully saturated rings. The van der Waals surface area contributed by atoms with Crippen LogP contribution in [-0.2, 0) is 4.74 Å². The molecule has 1 atom stereocenters. The summed E-state index contributed by atoms with van der Waals surface area (Å²) in [6.45, 7) is 0.258. The minimum Gasteiger partial charge on any atom is -0.444 e. The second-order valence-electron chi connectivity index (χ2n) is 4.33. The van der Waals surface area contributed by atoms with Crippen molar-refractivity contribution in [1.82, 2.24) is 10.3 Å². The highest BCUT2D eigenvalue weighted by Crippen LogP contribution is 2.25. The Morgan fingerprint density at radius 3 is 3.00 bits per heavy atom. The first-order chi connectivity index (χ1) is 10.2. The van der Waals surface area contributed by atoms with E-state index in [1.807, 2.05) is 6.07 Å². The first-order valence-corrected chi connectivity index (χ1v) is 6.41. The predicted octanol–water partition coefficient (Wildman–Crippen LogP) is 1.47. The van der Waals surface area contributed by atoms with Gasteiger partial charge in [-0.3, -0.25) is 0 Å². The average molecular weight is 291 g/mol. The van der Waals surface area contributed by atoms with Crippen LogP contribution in [0.3, 0.4) is 0 Å². The quantitative estimate of drug-likeness (QED) is 0.749. The van der Waals surface area contributed by atoms with Crippen molar-refractivity contribution in [2.75, 3.05) is 25.6 Å². The van der Waals surface area contributed by atoms with Crippen LogP contribution in [0, 0.1) is 0 Å². The largest absolute Gasteiger partial charge is 0.444 e. The van der Waals surface area contributed by atoms with E-state index >= 15 is 0 Å². The Labute approximate surface area is 121 Å². The number of para-hydroxylation sites is 1. The van der Waals surface area contributed by atoms with Crippen molar-refractivity contribution in [3.8, 4) is 11.5 Å². The van der Waals surface area contributed by atoms with E-state index in [1.54, 1.807) is 18.2 Å². The fourth-order valence-corrected chi connectivity index (χ4v) is 1.76. The molecule has 2 aromatic rings. The van der Waals surface area contributed by atoms with Gasteiger partial charge in [-0.1, -0.05) is 12.1 Å². The third-order valence-corrected chi connectivity index (χ3v) is 2.70. The monoisotopic (exact) mass is 291 g/mol. The molecule has 0 saturated heterocycles. The van der Waals surface area contributed by atoms with E-state index < -0.39 is 12.1 Å². The normalized spacial score (nSPS) is 11.9. The number of hydrogen-bond acceptors (Lipinski definition) is 5. The third-order valence-electron chi connectivity index (χ3n) is 2.70. The fraction of sp³-hybridized carbons (Fsp3) is 0.286. The third kappa shape index (κ3) is 4.30. The number of nitrogens with one attached hydrogen (secondary N) is 2. The van der Waals surface area contributed by atoms with Gasteiger partial charge in [-0.05, 0) is 12.1 Å². The van der Waals surface area contributed by atoms with Crippen LogP contribution in [0.25, 0.3) is 11.5 Å². The molecule has 0 saturated carbocycles. The number of amides is 2. The number of aromatic nitrogens is 1. The number of oxazole rings is 1. The van der Waals surface area contributed by atoms with Gasteiger partial charge in [0, 0.05) is 13.7 Å². The Kier molecular flexibility index (Phi) is 5.30. The number of carbonyl (C=O) groups excluding carboxylic acids is 1. The van der Waals surface area contributed by atoms with Crippen LogP contribution >= 0.6 is 0 Å². The maximum Gasteiger partial charge on any atom is 0.319 e. The molecule has 112 valence electrons. The first kappa shape index (κ1) is 15.0. The smallest absolute Gasteiger partial charge is 0.319 e. The molecule has 2 amide bonds. The van der Waals surface area contributed by atoms with Gasteiger partial charge in [-0.2, -0.15) is 0 Å². The van der Waals surface area contributed by atoms with E-state index in [-0.39, 0.29) is 13.2 Å². The number of anilines is 1. The molecule has 7 heteroatoms. The second-order valence-corrected chi connectivity index (χ2v) is 4.33. The summed E-state index contributed by atoms with van der Waals surface area (Å²) in [5.41, 5.74) is 1.24. The van der Waals surface area contributed by atoms with Crippen LogP contribution in [0.1, 0.15) is 0 Å². The molecular formula is C14H17N3O4. The van der Waals surface area contributed by atoms with Gasteiger partial charge in [0.25, 0.3) is 0 Å².